The molecular formula is C13H22N2O4. The molecule has 1 aliphatic heterocycles. The Bertz CT molecular complexity index is 351. The van der Waals surface area contributed by atoms with Crippen LogP contribution >= 0.6 is 0 Å². The fraction of sp³-hybridized carbons (Fsp3) is 0.846. The lowest BCUT2D eigenvalue weighted by Gasteiger charge is -2.35. The maximum atomic E-state index is 12.1. The maximum Gasteiger partial charge on any atom is 0.317 e. The normalized spacial score (nSPS) is 35.2. The second kappa shape index (κ2) is 5.77. The van der Waals surface area contributed by atoms with E-state index in [1.165, 1.54) is 0 Å². The van der Waals surface area contributed by atoms with Gasteiger partial charge in [0, 0.05) is 19.1 Å². The number of hydrogen-bond donors (Lipinski definition) is 2. The first-order valence-electron chi connectivity index (χ1n) is 6.89. The first kappa shape index (κ1) is 14.1. The molecule has 2 amide bonds. The molecule has 0 aromatic rings. The Kier molecular flexibility index (Phi) is 4.29. The van der Waals surface area contributed by atoms with E-state index in [1.807, 2.05) is 13.8 Å². The zero-order valence-corrected chi connectivity index (χ0v) is 11.5. The summed E-state index contributed by atoms with van der Waals surface area (Å²) in [4.78, 5) is 24.8. The van der Waals surface area contributed by atoms with E-state index in [2.05, 4.69) is 5.32 Å². The highest BCUT2D eigenvalue weighted by molar-refractivity contribution is 5.75. The molecule has 6 nitrogen and oxygen atoms in total. The largest absolute Gasteiger partial charge is 0.481 e. The topological polar surface area (TPSA) is 78.9 Å². The quantitative estimate of drug-likeness (QED) is 0.786. The molecule has 0 spiro atoms. The minimum absolute atomic E-state index is 0.0120. The monoisotopic (exact) mass is 270 g/mol. The van der Waals surface area contributed by atoms with E-state index in [9.17, 15) is 9.59 Å². The number of urea groups is 1. The molecule has 2 unspecified atom stereocenters. The van der Waals surface area contributed by atoms with Gasteiger partial charge in [-0.3, -0.25) is 4.79 Å². The molecule has 0 aromatic carbocycles. The number of amides is 2. The Morgan fingerprint density at radius 3 is 2.37 bits per heavy atom. The van der Waals surface area contributed by atoms with Crippen LogP contribution in [0.2, 0.25) is 0 Å². The average Bonchev–Trinajstić information content (AvgIpc) is 2.76. The van der Waals surface area contributed by atoms with Crippen LogP contribution in [-0.2, 0) is 9.53 Å². The minimum atomic E-state index is -0.759. The molecule has 1 aliphatic carbocycles. The number of nitrogens with zero attached hydrogens (tertiary/aromatic N) is 1. The highest BCUT2D eigenvalue weighted by atomic mass is 16.5. The summed E-state index contributed by atoms with van der Waals surface area (Å²) in [6.07, 6.45) is 2.03. The third-order valence-corrected chi connectivity index (χ3v) is 3.82. The highest BCUT2D eigenvalue weighted by Crippen LogP contribution is 2.26. The molecule has 0 aromatic heterocycles. The second-order valence-electron chi connectivity index (χ2n) is 5.66. The first-order chi connectivity index (χ1) is 8.95. The van der Waals surface area contributed by atoms with Gasteiger partial charge >= 0.3 is 12.0 Å². The Hall–Kier alpha value is -1.30. The van der Waals surface area contributed by atoms with Gasteiger partial charge in [-0.25, -0.2) is 4.79 Å². The van der Waals surface area contributed by atoms with E-state index in [0.29, 0.717) is 25.9 Å². The summed E-state index contributed by atoms with van der Waals surface area (Å²) >= 11 is 0. The predicted octanol–water partition coefficient (Wildman–Crippen LogP) is 1.06. The number of aliphatic carboxylic acids is 1. The predicted molar refractivity (Wildman–Crippen MR) is 68.9 cm³/mol. The second-order valence-corrected chi connectivity index (χ2v) is 5.66. The van der Waals surface area contributed by atoms with Crippen LogP contribution in [0.15, 0.2) is 0 Å². The zero-order valence-electron chi connectivity index (χ0n) is 11.5. The molecule has 1 saturated carbocycles. The highest BCUT2D eigenvalue weighted by Gasteiger charge is 2.32. The Balaban J connectivity index is 1.83. The SMILES string of the molecule is C[C@@H]1CN(C(=O)NC2CCC(C(=O)O)C2)C[C@H](C)O1. The van der Waals surface area contributed by atoms with Crippen LogP contribution in [0, 0.1) is 5.92 Å². The van der Waals surface area contributed by atoms with Gasteiger partial charge in [-0.05, 0) is 33.1 Å². The van der Waals surface area contributed by atoms with Crippen LogP contribution in [-0.4, -0.2) is 53.3 Å². The van der Waals surface area contributed by atoms with Crippen LogP contribution in [0.1, 0.15) is 33.1 Å². The summed E-state index contributed by atoms with van der Waals surface area (Å²) in [5.41, 5.74) is 0. The number of nitrogens with one attached hydrogen (secondary N) is 1. The van der Waals surface area contributed by atoms with E-state index in [-0.39, 0.29) is 30.2 Å². The van der Waals surface area contributed by atoms with Gasteiger partial charge < -0.3 is 20.1 Å². The summed E-state index contributed by atoms with van der Waals surface area (Å²) in [7, 11) is 0. The number of ether oxygens (including phenoxy) is 1. The lowest BCUT2D eigenvalue weighted by Crippen LogP contribution is -2.53. The van der Waals surface area contributed by atoms with Crippen molar-refractivity contribution in [3.63, 3.8) is 0 Å². The molecule has 1 heterocycles. The summed E-state index contributed by atoms with van der Waals surface area (Å²) in [6, 6.07) is -0.111. The lowest BCUT2D eigenvalue weighted by atomic mass is 10.1. The van der Waals surface area contributed by atoms with Gasteiger partial charge in [-0.1, -0.05) is 0 Å². The van der Waals surface area contributed by atoms with Crippen molar-refractivity contribution in [3.8, 4) is 0 Å². The number of rotatable bonds is 2. The molecule has 2 aliphatic rings. The van der Waals surface area contributed by atoms with Crippen molar-refractivity contribution in [2.75, 3.05) is 13.1 Å². The summed E-state index contributed by atoms with van der Waals surface area (Å²) in [6.45, 7) is 5.08. The third-order valence-electron chi connectivity index (χ3n) is 3.82. The van der Waals surface area contributed by atoms with Crippen LogP contribution in [0.5, 0.6) is 0 Å². The van der Waals surface area contributed by atoms with E-state index >= 15 is 0 Å². The fourth-order valence-electron chi connectivity index (χ4n) is 2.95. The van der Waals surface area contributed by atoms with Gasteiger partial charge in [0.05, 0.1) is 18.1 Å². The summed E-state index contributed by atoms with van der Waals surface area (Å²) in [5, 5.41) is 11.9. The molecule has 2 rings (SSSR count). The molecule has 2 fully saturated rings. The minimum Gasteiger partial charge on any atom is -0.481 e. The third kappa shape index (κ3) is 3.59. The Labute approximate surface area is 113 Å². The molecule has 2 N–H and O–H groups in total. The number of morpholine rings is 1. The zero-order chi connectivity index (χ0) is 14.0. The molecule has 4 atom stereocenters. The van der Waals surface area contributed by atoms with Gasteiger partial charge in [0.2, 0.25) is 0 Å². The average molecular weight is 270 g/mol. The van der Waals surface area contributed by atoms with Crippen molar-refractivity contribution in [2.45, 2.75) is 51.4 Å². The van der Waals surface area contributed by atoms with E-state index < -0.39 is 5.97 Å². The van der Waals surface area contributed by atoms with Crippen molar-refractivity contribution in [2.24, 2.45) is 5.92 Å². The molecule has 0 radical (unpaired) electrons. The van der Waals surface area contributed by atoms with Crippen LogP contribution < -0.4 is 5.32 Å². The van der Waals surface area contributed by atoms with Gasteiger partial charge in [0.25, 0.3) is 0 Å². The van der Waals surface area contributed by atoms with Crippen molar-refractivity contribution in [3.05, 3.63) is 0 Å². The van der Waals surface area contributed by atoms with Gasteiger partial charge in [-0.2, -0.15) is 0 Å². The van der Waals surface area contributed by atoms with E-state index in [0.717, 1.165) is 6.42 Å². The van der Waals surface area contributed by atoms with Crippen LogP contribution in [0.4, 0.5) is 4.79 Å². The number of carbonyl (C=O) groups excluding carboxylic acids is 1. The standard InChI is InChI=1S/C13H22N2O4/c1-8-6-15(7-9(2)19-8)13(18)14-11-4-3-10(5-11)12(16)17/h8-11H,3-7H2,1-2H3,(H,14,18)(H,16,17)/t8-,9+,10?,11?. The van der Waals surface area contributed by atoms with Crippen molar-refractivity contribution < 1.29 is 19.4 Å². The lowest BCUT2D eigenvalue weighted by molar-refractivity contribution is -0.141. The van der Waals surface area contributed by atoms with Crippen LogP contribution in [0.25, 0.3) is 0 Å². The van der Waals surface area contributed by atoms with Gasteiger partial charge in [0.15, 0.2) is 0 Å². The van der Waals surface area contributed by atoms with Crippen molar-refractivity contribution >= 4 is 12.0 Å². The van der Waals surface area contributed by atoms with Crippen LogP contribution in [0.3, 0.4) is 0 Å². The molecular weight excluding hydrogens is 248 g/mol. The molecule has 0 bridgehead atoms. The van der Waals surface area contributed by atoms with Gasteiger partial charge in [0.1, 0.15) is 0 Å². The number of carboxylic acids is 1. The smallest absolute Gasteiger partial charge is 0.317 e. The van der Waals surface area contributed by atoms with Gasteiger partial charge in [-0.15, -0.1) is 0 Å². The number of carboxylic acid groups (broad SMARTS) is 1. The number of hydrogen-bond acceptors (Lipinski definition) is 3. The summed E-state index contributed by atoms with van der Waals surface area (Å²) in [5.74, 6) is -1.07. The molecule has 6 heteroatoms. The fourth-order valence-corrected chi connectivity index (χ4v) is 2.95. The molecule has 19 heavy (non-hydrogen) atoms. The molecule has 1 saturated heterocycles. The van der Waals surface area contributed by atoms with Crippen molar-refractivity contribution in [1.29, 1.82) is 0 Å². The van der Waals surface area contributed by atoms with E-state index in [4.69, 9.17) is 9.84 Å². The maximum absolute atomic E-state index is 12.1. The van der Waals surface area contributed by atoms with E-state index in [1.54, 1.807) is 4.90 Å². The van der Waals surface area contributed by atoms with Crippen molar-refractivity contribution in [1.82, 2.24) is 10.2 Å². The number of carbonyl (C=O) groups is 2. The summed E-state index contributed by atoms with van der Waals surface area (Å²) < 4.78 is 5.59. The Morgan fingerprint density at radius 1 is 1.21 bits per heavy atom. The first-order valence-corrected chi connectivity index (χ1v) is 6.89. The molecule has 108 valence electrons. The Morgan fingerprint density at radius 2 is 1.84 bits per heavy atom.